The van der Waals surface area contributed by atoms with E-state index in [9.17, 15) is 19.5 Å². The Morgan fingerprint density at radius 1 is 1.24 bits per heavy atom. The molecule has 0 aliphatic carbocycles. The van der Waals surface area contributed by atoms with Crippen LogP contribution in [-0.4, -0.2) is 59.9 Å². The Morgan fingerprint density at radius 3 is 2.48 bits per heavy atom. The Balaban J connectivity index is 2.92. The van der Waals surface area contributed by atoms with Gasteiger partial charge in [-0.15, -0.1) is 0 Å². The van der Waals surface area contributed by atoms with E-state index in [1.807, 2.05) is 6.26 Å². The first-order chi connectivity index (χ1) is 13.9. The van der Waals surface area contributed by atoms with Crippen molar-refractivity contribution < 1.29 is 19.5 Å². The third-order valence-electron chi connectivity index (χ3n) is 4.13. The Bertz CT molecular complexity index is 682. The average Bonchev–Trinajstić information content (AvgIpc) is 2.70. The van der Waals surface area contributed by atoms with Gasteiger partial charge in [0.05, 0.1) is 12.1 Å². The average molecular weight is 424 g/mol. The minimum atomic E-state index is -1.10. The van der Waals surface area contributed by atoms with Crippen LogP contribution < -0.4 is 22.1 Å². The molecule has 0 spiro atoms. The standard InChI is InChI=1S/C19H29N5O4S/c1-29-11-9-14(12-25)23-17(26)15(8-5-10-22-19(20)21)24-16(18(27)28)13-6-3-2-4-7-13/h2-4,6-7,12,14-16,24H,5,8-11H2,1H3,(H,23,26)(H,27,28)(H4,20,21,22)/t14-,15-,16?/m0/s1. The van der Waals surface area contributed by atoms with Crippen molar-refractivity contribution in [3.05, 3.63) is 35.9 Å². The van der Waals surface area contributed by atoms with Gasteiger partial charge in [0, 0.05) is 6.54 Å². The summed E-state index contributed by atoms with van der Waals surface area (Å²) in [5.74, 6) is -0.874. The Kier molecular flexibility index (Phi) is 11.4. The van der Waals surface area contributed by atoms with E-state index in [0.29, 0.717) is 43.4 Å². The number of nitrogens with two attached hydrogens (primary N) is 2. The molecule has 0 saturated carbocycles. The quantitative estimate of drug-likeness (QED) is 0.123. The molecule has 160 valence electrons. The van der Waals surface area contributed by atoms with Crippen LogP contribution in [0.4, 0.5) is 0 Å². The minimum Gasteiger partial charge on any atom is -0.480 e. The van der Waals surface area contributed by atoms with Crippen molar-refractivity contribution in [2.75, 3.05) is 18.6 Å². The summed E-state index contributed by atoms with van der Waals surface area (Å²) >= 11 is 1.57. The molecule has 1 amide bonds. The maximum atomic E-state index is 12.8. The van der Waals surface area contributed by atoms with E-state index in [2.05, 4.69) is 15.6 Å². The lowest BCUT2D eigenvalue weighted by atomic mass is 10.0. The number of nitrogens with zero attached hydrogens (tertiary/aromatic N) is 1. The highest BCUT2D eigenvalue weighted by molar-refractivity contribution is 7.98. The molecule has 0 saturated heterocycles. The van der Waals surface area contributed by atoms with E-state index in [-0.39, 0.29) is 5.96 Å². The first-order valence-electron chi connectivity index (χ1n) is 9.22. The number of benzene rings is 1. The number of guanidine groups is 1. The van der Waals surface area contributed by atoms with Crippen LogP contribution >= 0.6 is 11.8 Å². The third kappa shape index (κ3) is 9.44. The fraction of sp³-hybridized carbons (Fsp3) is 0.474. The van der Waals surface area contributed by atoms with Gasteiger partial charge in [0.15, 0.2) is 5.96 Å². The van der Waals surface area contributed by atoms with E-state index in [1.54, 1.807) is 42.1 Å². The number of hydrogen-bond acceptors (Lipinski definition) is 6. The van der Waals surface area contributed by atoms with Crippen LogP contribution in [0.15, 0.2) is 35.3 Å². The maximum Gasteiger partial charge on any atom is 0.325 e. The number of carboxylic acids is 1. The third-order valence-corrected chi connectivity index (χ3v) is 4.78. The van der Waals surface area contributed by atoms with Crippen molar-refractivity contribution in [1.29, 1.82) is 0 Å². The summed E-state index contributed by atoms with van der Waals surface area (Å²) < 4.78 is 0. The molecular formula is C19H29N5O4S. The molecule has 0 bridgehead atoms. The van der Waals surface area contributed by atoms with Crippen molar-refractivity contribution in [2.24, 2.45) is 16.5 Å². The molecule has 3 atom stereocenters. The molecule has 1 aromatic carbocycles. The van der Waals surface area contributed by atoms with Crippen molar-refractivity contribution in [3.63, 3.8) is 0 Å². The summed E-state index contributed by atoms with van der Waals surface area (Å²) in [4.78, 5) is 39.7. The number of hydrogen-bond donors (Lipinski definition) is 5. The predicted molar refractivity (Wildman–Crippen MR) is 115 cm³/mol. The molecule has 10 heteroatoms. The molecule has 1 rings (SSSR count). The minimum absolute atomic E-state index is 0.0512. The monoisotopic (exact) mass is 423 g/mol. The van der Waals surface area contributed by atoms with E-state index in [4.69, 9.17) is 11.5 Å². The number of aliphatic imine (C=N–C) groups is 1. The van der Waals surface area contributed by atoms with Crippen LogP contribution in [-0.2, 0) is 14.4 Å². The van der Waals surface area contributed by atoms with E-state index in [0.717, 1.165) is 0 Å². The van der Waals surface area contributed by atoms with Crippen LogP contribution in [0.1, 0.15) is 30.9 Å². The number of nitrogens with one attached hydrogen (secondary N) is 2. The molecule has 0 aliphatic rings. The van der Waals surface area contributed by atoms with E-state index in [1.165, 1.54) is 0 Å². The zero-order valence-electron chi connectivity index (χ0n) is 16.4. The number of aldehydes is 1. The van der Waals surface area contributed by atoms with Gasteiger partial charge in [-0.25, -0.2) is 0 Å². The molecule has 1 unspecified atom stereocenters. The molecule has 9 nitrogen and oxygen atoms in total. The van der Waals surface area contributed by atoms with Gasteiger partial charge in [-0.1, -0.05) is 30.3 Å². The van der Waals surface area contributed by atoms with Gasteiger partial charge >= 0.3 is 5.97 Å². The number of aliphatic carboxylic acids is 1. The number of rotatable bonds is 14. The SMILES string of the molecule is CSCC[C@@H](C=O)NC(=O)[C@H](CCCN=C(N)N)NC(C(=O)O)c1ccccc1. The lowest BCUT2D eigenvalue weighted by molar-refractivity contribution is -0.140. The maximum absolute atomic E-state index is 12.8. The molecule has 0 aliphatic heterocycles. The summed E-state index contributed by atoms with van der Waals surface area (Å²) in [6.45, 7) is 0.306. The fourth-order valence-corrected chi connectivity index (χ4v) is 3.14. The number of carbonyl (C=O) groups is 3. The van der Waals surface area contributed by atoms with Crippen LogP contribution in [0.5, 0.6) is 0 Å². The number of carbonyl (C=O) groups excluding carboxylic acids is 2. The zero-order valence-corrected chi connectivity index (χ0v) is 17.2. The first-order valence-corrected chi connectivity index (χ1v) is 10.6. The molecular weight excluding hydrogens is 394 g/mol. The second kappa shape index (κ2) is 13.6. The fourth-order valence-electron chi connectivity index (χ4n) is 2.65. The largest absolute Gasteiger partial charge is 0.480 e. The molecule has 0 radical (unpaired) electrons. The van der Waals surface area contributed by atoms with Gasteiger partial charge < -0.3 is 26.7 Å². The van der Waals surface area contributed by atoms with Gasteiger partial charge in [-0.3, -0.25) is 19.9 Å². The van der Waals surface area contributed by atoms with Crippen LogP contribution in [0.3, 0.4) is 0 Å². The highest BCUT2D eigenvalue weighted by Gasteiger charge is 2.28. The molecule has 29 heavy (non-hydrogen) atoms. The number of thioether (sulfide) groups is 1. The van der Waals surface area contributed by atoms with Gasteiger partial charge in [0.25, 0.3) is 0 Å². The van der Waals surface area contributed by atoms with Gasteiger partial charge in [0.1, 0.15) is 12.3 Å². The van der Waals surface area contributed by atoms with E-state index >= 15 is 0 Å². The predicted octanol–water partition coefficient (Wildman–Crippen LogP) is 0.261. The Hall–Kier alpha value is -2.59. The zero-order chi connectivity index (χ0) is 21.6. The highest BCUT2D eigenvalue weighted by Crippen LogP contribution is 2.15. The molecule has 7 N–H and O–H groups in total. The summed E-state index contributed by atoms with van der Waals surface area (Å²) in [5, 5.41) is 15.2. The topological polar surface area (TPSA) is 160 Å². The molecule has 1 aromatic rings. The second-order valence-corrected chi connectivity index (χ2v) is 7.37. The van der Waals surface area contributed by atoms with Crippen LogP contribution in [0.25, 0.3) is 0 Å². The number of amides is 1. The van der Waals surface area contributed by atoms with Crippen LogP contribution in [0.2, 0.25) is 0 Å². The van der Waals surface area contributed by atoms with Crippen molar-refractivity contribution >= 4 is 35.9 Å². The molecule has 0 aromatic heterocycles. The Morgan fingerprint density at radius 2 is 1.93 bits per heavy atom. The van der Waals surface area contributed by atoms with Crippen molar-refractivity contribution in [3.8, 4) is 0 Å². The van der Waals surface area contributed by atoms with E-state index < -0.39 is 30.0 Å². The summed E-state index contributed by atoms with van der Waals surface area (Å²) in [6, 6.07) is 6.05. The summed E-state index contributed by atoms with van der Waals surface area (Å²) in [6.07, 6.45) is 3.86. The normalized spacial score (nSPS) is 13.7. The summed E-state index contributed by atoms with van der Waals surface area (Å²) in [7, 11) is 0. The van der Waals surface area contributed by atoms with Gasteiger partial charge in [0.2, 0.25) is 5.91 Å². The first kappa shape index (κ1) is 24.4. The van der Waals surface area contributed by atoms with Gasteiger partial charge in [-0.2, -0.15) is 11.8 Å². The smallest absolute Gasteiger partial charge is 0.325 e. The lowest BCUT2D eigenvalue weighted by Gasteiger charge is -2.24. The molecule has 0 fully saturated rings. The van der Waals surface area contributed by atoms with Crippen LogP contribution in [0, 0.1) is 0 Å². The van der Waals surface area contributed by atoms with Gasteiger partial charge in [-0.05, 0) is 36.8 Å². The van der Waals surface area contributed by atoms with Crippen molar-refractivity contribution in [1.82, 2.24) is 10.6 Å². The summed E-state index contributed by atoms with van der Waals surface area (Å²) in [5.41, 5.74) is 11.1. The Labute approximate surface area is 174 Å². The highest BCUT2D eigenvalue weighted by atomic mass is 32.2. The molecule has 0 heterocycles. The number of carboxylic acid groups (broad SMARTS) is 1. The second-order valence-electron chi connectivity index (χ2n) is 6.38. The van der Waals surface area contributed by atoms with Crippen molar-refractivity contribution in [2.45, 2.75) is 37.4 Å². The lowest BCUT2D eigenvalue weighted by Crippen LogP contribution is -2.50.